The summed E-state index contributed by atoms with van der Waals surface area (Å²) in [7, 11) is -1.36. The van der Waals surface area contributed by atoms with Crippen LogP contribution < -0.4 is 11.1 Å². The van der Waals surface area contributed by atoms with Crippen molar-refractivity contribution in [2.24, 2.45) is 0 Å². The summed E-state index contributed by atoms with van der Waals surface area (Å²) in [5.41, 5.74) is 7.93. The van der Waals surface area contributed by atoms with Crippen LogP contribution in [0.3, 0.4) is 0 Å². The molecule has 1 unspecified atom stereocenters. The number of nitrogen functional groups attached to an aromatic ring is 1. The Morgan fingerprint density at radius 1 is 1.24 bits per heavy atom. The summed E-state index contributed by atoms with van der Waals surface area (Å²) in [5.74, 6) is -0.390. The number of nitrogens with one attached hydrogen (secondary N) is 1. The normalized spacial score (nSPS) is 11.9. The Balaban J connectivity index is 2.01. The van der Waals surface area contributed by atoms with E-state index in [2.05, 4.69) is 21.2 Å². The fourth-order valence-corrected chi connectivity index (χ4v) is 3.12. The van der Waals surface area contributed by atoms with Gasteiger partial charge in [0.25, 0.3) is 0 Å². The smallest absolute Gasteiger partial charge is 0.237 e. The quantitative estimate of drug-likeness (QED) is 0.816. The van der Waals surface area contributed by atoms with E-state index in [1.165, 1.54) is 0 Å². The van der Waals surface area contributed by atoms with Crippen molar-refractivity contribution in [3.63, 3.8) is 0 Å². The first kappa shape index (κ1) is 15.7. The van der Waals surface area contributed by atoms with Crippen molar-refractivity contribution in [3.8, 4) is 0 Å². The Kier molecular flexibility index (Phi) is 5.14. The van der Waals surface area contributed by atoms with Gasteiger partial charge in [0.2, 0.25) is 5.91 Å². The number of aryl methyl sites for hydroxylation is 1. The highest BCUT2D eigenvalue weighted by molar-refractivity contribution is 9.10. The lowest BCUT2D eigenvalue weighted by Gasteiger charge is -2.08. The van der Waals surface area contributed by atoms with Crippen LogP contribution >= 0.6 is 15.9 Å². The van der Waals surface area contributed by atoms with Crippen LogP contribution in [-0.4, -0.2) is 15.9 Å². The zero-order chi connectivity index (χ0) is 15.4. The molecule has 0 fully saturated rings. The second kappa shape index (κ2) is 6.87. The molecule has 0 spiro atoms. The van der Waals surface area contributed by atoms with Crippen LogP contribution in [0.15, 0.2) is 51.8 Å². The van der Waals surface area contributed by atoms with Crippen molar-refractivity contribution in [2.75, 3.05) is 16.8 Å². The zero-order valence-corrected chi connectivity index (χ0v) is 13.8. The molecular weight excluding hydrogens is 352 g/mol. The van der Waals surface area contributed by atoms with Gasteiger partial charge in [-0.25, -0.2) is 0 Å². The third kappa shape index (κ3) is 4.41. The number of benzene rings is 2. The molecule has 4 nitrogen and oxygen atoms in total. The van der Waals surface area contributed by atoms with E-state index >= 15 is 0 Å². The number of nitrogens with two attached hydrogens (primary N) is 1. The average Bonchev–Trinajstić information content (AvgIpc) is 2.42. The van der Waals surface area contributed by atoms with Crippen LogP contribution in [0.4, 0.5) is 11.4 Å². The third-order valence-corrected chi connectivity index (χ3v) is 4.79. The maximum absolute atomic E-state index is 12.1. The Labute approximate surface area is 134 Å². The van der Waals surface area contributed by atoms with Crippen molar-refractivity contribution in [2.45, 2.75) is 11.8 Å². The Hall–Kier alpha value is -1.66. The lowest BCUT2D eigenvalue weighted by molar-refractivity contribution is -0.113. The van der Waals surface area contributed by atoms with Gasteiger partial charge in [0.05, 0.1) is 16.5 Å². The molecule has 2 aromatic carbocycles. The largest absolute Gasteiger partial charge is 0.399 e. The van der Waals surface area contributed by atoms with Crippen LogP contribution in [0, 0.1) is 6.92 Å². The summed E-state index contributed by atoms with van der Waals surface area (Å²) in [5, 5.41) is 2.72. The second-order valence-electron chi connectivity index (χ2n) is 4.59. The van der Waals surface area contributed by atoms with E-state index in [0.29, 0.717) is 20.7 Å². The lowest BCUT2D eigenvalue weighted by atomic mass is 10.2. The Morgan fingerprint density at radius 3 is 2.52 bits per heavy atom. The van der Waals surface area contributed by atoms with Crippen LogP contribution in [0.25, 0.3) is 0 Å². The molecule has 0 heterocycles. The van der Waals surface area contributed by atoms with E-state index in [-0.39, 0.29) is 11.7 Å². The van der Waals surface area contributed by atoms with Gasteiger partial charge in [-0.2, -0.15) is 0 Å². The highest BCUT2D eigenvalue weighted by atomic mass is 79.9. The predicted molar refractivity (Wildman–Crippen MR) is 89.6 cm³/mol. The number of carbonyl (C=O) groups is 1. The van der Waals surface area contributed by atoms with Gasteiger partial charge < -0.3 is 11.1 Å². The summed E-state index contributed by atoms with van der Waals surface area (Å²) in [4.78, 5) is 12.6. The van der Waals surface area contributed by atoms with Crippen LogP contribution in [-0.2, 0) is 15.6 Å². The van der Waals surface area contributed by atoms with Crippen molar-refractivity contribution >= 4 is 44.0 Å². The number of carbonyl (C=O) groups excluding carboxylic acids is 1. The highest BCUT2D eigenvalue weighted by Gasteiger charge is 2.11. The number of halogens is 1. The number of rotatable bonds is 4. The van der Waals surface area contributed by atoms with E-state index < -0.39 is 10.8 Å². The standard InChI is InChI=1S/C15H15BrN2O2S/c1-10-2-5-12(6-3-10)21(20)9-15(19)18-14-7-4-11(17)8-13(14)16/h2-8H,9,17H2,1H3,(H,18,19). The molecule has 1 amide bonds. The minimum atomic E-state index is -1.36. The van der Waals surface area contributed by atoms with Gasteiger partial charge in [-0.3, -0.25) is 9.00 Å². The molecule has 2 aromatic rings. The minimum absolute atomic E-state index is 0.0835. The van der Waals surface area contributed by atoms with Crippen molar-refractivity contribution in [1.82, 2.24) is 0 Å². The Morgan fingerprint density at radius 2 is 1.90 bits per heavy atom. The predicted octanol–water partition coefficient (Wildman–Crippen LogP) is 3.09. The maximum atomic E-state index is 12.1. The van der Waals surface area contributed by atoms with Crippen LogP contribution in [0.1, 0.15) is 5.56 Å². The van der Waals surface area contributed by atoms with Gasteiger partial charge >= 0.3 is 0 Å². The van der Waals surface area contributed by atoms with Gasteiger partial charge in [-0.1, -0.05) is 17.7 Å². The molecular formula is C15H15BrN2O2S. The number of amides is 1. The van der Waals surface area contributed by atoms with Gasteiger partial charge in [0.15, 0.2) is 0 Å². The van der Waals surface area contributed by atoms with Crippen molar-refractivity contribution in [3.05, 3.63) is 52.5 Å². The maximum Gasteiger partial charge on any atom is 0.237 e. The molecule has 0 aliphatic rings. The monoisotopic (exact) mass is 366 g/mol. The van der Waals surface area contributed by atoms with Gasteiger partial charge in [0.1, 0.15) is 5.75 Å². The number of hydrogen-bond acceptors (Lipinski definition) is 3. The minimum Gasteiger partial charge on any atom is -0.399 e. The summed E-state index contributed by atoms with van der Waals surface area (Å²) < 4.78 is 12.8. The van der Waals surface area contributed by atoms with Crippen molar-refractivity contribution < 1.29 is 9.00 Å². The molecule has 6 heteroatoms. The molecule has 21 heavy (non-hydrogen) atoms. The first-order valence-electron chi connectivity index (χ1n) is 6.25. The molecule has 1 atom stereocenters. The van der Waals surface area contributed by atoms with Gasteiger partial charge in [0, 0.05) is 15.1 Å². The Bertz CT molecular complexity index is 687. The molecule has 0 aromatic heterocycles. The third-order valence-electron chi connectivity index (χ3n) is 2.81. The molecule has 2 rings (SSSR count). The fourth-order valence-electron chi connectivity index (χ4n) is 1.71. The molecule has 110 valence electrons. The van der Waals surface area contributed by atoms with Crippen molar-refractivity contribution in [1.29, 1.82) is 0 Å². The molecule has 0 saturated heterocycles. The fraction of sp³-hybridized carbons (Fsp3) is 0.133. The number of hydrogen-bond donors (Lipinski definition) is 2. The molecule has 0 radical (unpaired) electrons. The molecule has 3 N–H and O–H groups in total. The highest BCUT2D eigenvalue weighted by Crippen LogP contribution is 2.24. The first-order valence-corrected chi connectivity index (χ1v) is 8.37. The van der Waals surface area contributed by atoms with E-state index in [0.717, 1.165) is 5.56 Å². The SMILES string of the molecule is Cc1ccc(S(=O)CC(=O)Nc2ccc(N)cc2Br)cc1. The van der Waals surface area contributed by atoms with Gasteiger partial charge in [-0.15, -0.1) is 0 Å². The molecule has 0 aliphatic carbocycles. The number of anilines is 2. The summed E-state index contributed by atoms with van der Waals surface area (Å²) >= 11 is 3.32. The van der Waals surface area contributed by atoms with Crippen LogP contribution in [0.5, 0.6) is 0 Å². The molecule has 0 bridgehead atoms. The summed E-state index contributed by atoms with van der Waals surface area (Å²) in [6.45, 7) is 1.96. The lowest BCUT2D eigenvalue weighted by Crippen LogP contribution is -2.19. The molecule has 0 saturated carbocycles. The second-order valence-corrected chi connectivity index (χ2v) is 6.90. The van der Waals surface area contributed by atoms with Crippen LogP contribution in [0.2, 0.25) is 0 Å². The first-order chi connectivity index (χ1) is 9.95. The summed E-state index contributed by atoms with van der Waals surface area (Å²) in [6.07, 6.45) is 0. The topological polar surface area (TPSA) is 72.2 Å². The summed E-state index contributed by atoms with van der Waals surface area (Å²) in [6, 6.07) is 12.4. The average molecular weight is 367 g/mol. The zero-order valence-electron chi connectivity index (χ0n) is 11.4. The van der Waals surface area contributed by atoms with Gasteiger partial charge in [-0.05, 0) is 53.2 Å². The van der Waals surface area contributed by atoms with E-state index in [4.69, 9.17) is 5.73 Å². The van der Waals surface area contributed by atoms with E-state index in [1.807, 2.05) is 19.1 Å². The molecule has 0 aliphatic heterocycles. The van der Waals surface area contributed by atoms with E-state index in [9.17, 15) is 9.00 Å². The van der Waals surface area contributed by atoms with E-state index in [1.54, 1.807) is 30.3 Å².